The Balaban J connectivity index is 0.00000136. The molecule has 1 saturated heterocycles. The van der Waals surface area contributed by atoms with Gasteiger partial charge in [-0.25, -0.2) is 17.7 Å². The number of nitrogens with zero attached hydrogens (tertiary/aromatic N) is 3. The smallest absolute Gasteiger partial charge is 0.291 e. The molecule has 2 heterocycles. The van der Waals surface area contributed by atoms with Gasteiger partial charge in [-0.05, 0) is 67.0 Å². The van der Waals surface area contributed by atoms with Crippen LogP contribution in [0.5, 0.6) is 0 Å². The minimum absolute atomic E-state index is 0.249. The molecule has 0 radical (unpaired) electrons. The van der Waals surface area contributed by atoms with Crippen LogP contribution in [0.2, 0.25) is 0 Å². The molecule has 2 amide bonds. The van der Waals surface area contributed by atoms with Crippen molar-refractivity contribution < 1.29 is 13.4 Å². The van der Waals surface area contributed by atoms with E-state index in [1.165, 1.54) is 15.3 Å². The van der Waals surface area contributed by atoms with Gasteiger partial charge in [0.05, 0.1) is 21.5 Å². The zero-order valence-corrected chi connectivity index (χ0v) is 19.1. The number of urea groups is 1. The highest BCUT2D eigenvalue weighted by Crippen LogP contribution is 2.36. The van der Waals surface area contributed by atoms with Crippen LogP contribution >= 0.6 is 15.9 Å². The molecule has 1 aromatic heterocycles. The second-order valence-electron chi connectivity index (χ2n) is 6.95. The van der Waals surface area contributed by atoms with E-state index in [0.717, 1.165) is 0 Å². The van der Waals surface area contributed by atoms with E-state index in [0.29, 0.717) is 15.9 Å². The predicted octanol–water partition coefficient (Wildman–Crippen LogP) is 5.45. The van der Waals surface area contributed by atoms with Crippen LogP contribution in [0.1, 0.15) is 46.4 Å². The maximum absolute atomic E-state index is 14.0. The minimum Gasteiger partial charge on any atom is -0.291 e. The third-order valence-electron chi connectivity index (χ3n) is 4.00. The van der Waals surface area contributed by atoms with Gasteiger partial charge in [0.15, 0.2) is 0 Å². The second-order valence-corrected chi connectivity index (χ2v) is 9.92. The summed E-state index contributed by atoms with van der Waals surface area (Å²) in [6.07, 6.45) is 1.64. The maximum atomic E-state index is 14.0. The molecule has 8 heteroatoms. The first-order chi connectivity index (χ1) is 13.2. The normalized spacial score (nSPS) is 18.0. The van der Waals surface area contributed by atoms with Crippen LogP contribution in [0.25, 0.3) is 0 Å². The first-order valence-electron chi connectivity index (χ1n) is 9.09. The Morgan fingerprint density at radius 3 is 2.43 bits per heavy atom. The highest BCUT2D eigenvalue weighted by Gasteiger charge is 2.45. The third-order valence-corrected chi connectivity index (χ3v) is 6.46. The molecule has 0 spiro atoms. The largest absolute Gasteiger partial charge is 0.337 e. The van der Waals surface area contributed by atoms with Crippen molar-refractivity contribution in [3.05, 3.63) is 58.6 Å². The third kappa shape index (κ3) is 4.60. The van der Waals surface area contributed by atoms with Crippen molar-refractivity contribution in [3.63, 3.8) is 0 Å². The second kappa shape index (κ2) is 9.13. The number of rotatable bonds is 3. The zero-order valence-electron chi connectivity index (χ0n) is 16.6. The fourth-order valence-corrected chi connectivity index (χ4v) is 4.20. The highest BCUT2D eigenvalue weighted by atomic mass is 79.9. The maximum Gasteiger partial charge on any atom is 0.337 e. The lowest BCUT2D eigenvalue weighted by Crippen LogP contribution is -2.41. The summed E-state index contributed by atoms with van der Waals surface area (Å²) >= 11 is 3.12. The van der Waals surface area contributed by atoms with Crippen molar-refractivity contribution in [2.24, 2.45) is 0 Å². The van der Waals surface area contributed by atoms with Gasteiger partial charge < -0.3 is 0 Å². The molecule has 2 aromatic rings. The van der Waals surface area contributed by atoms with Gasteiger partial charge in [-0.15, -0.1) is 0 Å². The van der Waals surface area contributed by atoms with Crippen LogP contribution in [0.4, 0.5) is 14.9 Å². The lowest BCUT2D eigenvalue weighted by atomic mass is 10.2. The lowest BCUT2D eigenvalue weighted by Gasteiger charge is -2.28. The lowest BCUT2D eigenvalue weighted by molar-refractivity contribution is 0.235. The molecule has 0 bridgehead atoms. The van der Waals surface area contributed by atoms with Crippen molar-refractivity contribution >= 4 is 38.6 Å². The topological polar surface area (TPSA) is 53.5 Å². The molecule has 0 N–H and O–H groups in total. The van der Waals surface area contributed by atoms with Crippen molar-refractivity contribution in [3.8, 4) is 0 Å². The SMILES string of the molecule is CC.CC(C)(C)S(=O)N1C(=O)N(c2ccc(Br)c(F)c2)CC1c1ccccn1. The van der Waals surface area contributed by atoms with Crippen LogP contribution in [-0.2, 0) is 11.0 Å². The van der Waals surface area contributed by atoms with Gasteiger partial charge in [-0.3, -0.25) is 9.88 Å². The molecule has 1 aliphatic heterocycles. The average molecular weight is 470 g/mol. The summed E-state index contributed by atoms with van der Waals surface area (Å²) < 4.78 is 28.0. The van der Waals surface area contributed by atoms with Crippen LogP contribution in [-0.4, -0.2) is 30.8 Å². The number of amides is 2. The van der Waals surface area contributed by atoms with E-state index in [9.17, 15) is 13.4 Å². The predicted molar refractivity (Wildman–Crippen MR) is 115 cm³/mol. The number of hydrogen-bond donors (Lipinski definition) is 0. The Morgan fingerprint density at radius 1 is 1.21 bits per heavy atom. The van der Waals surface area contributed by atoms with Crippen molar-refractivity contribution in [1.82, 2.24) is 9.29 Å². The van der Waals surface area contributed by atoms with E-state index in [1.54, 1.807) is 30.5 Å². The summed E-state index contributed by atoms with van der Waals surface area (Å²) in [7, 11) is -1.58. The van der Waals surface area contributed by atoms with Gasteiger partial charge in [0.2, 0.25) is 0 Å². The van der Waals surface area contributed by atoms with Gasteiger partial charge in [0, 0.05) is 11.9 Å². The summed E-state index contributed by atoms with van der Waals surface area (Å²) in [4.78, 5) is 18.8. The minimum atomic E-state index is -1.58. The molecule has 1 fully saturated rings. The Kier molecular flexibility index (Phi) is 7.33. The molecule has 28 heavy (non-hydrogen) atoms. The fraction of sp³-hybridized carbons (Fsp3) is 0.400. The van der Waals surface area contributed by atoms with E-state index >= 15 is 0 Å². The summed E-state index contributed by atoms with van der Waals surface area (Å²) in [5.41, 5.74) is 1.07. The van der Waals surface area contributed by atoms with Crippen molar-refractivity contribution in [2.75, 3.05) is 11.4 Å². The van der Waals surface area contributed by atoms with Gasteiger partial charge >= 0.3 is 6.03 Å². The fourth-order valence-electron chi connectivity index (χ4n) is 2.71. The van der Waals surface area contributed by atoms with Crippen molar-refractivity contribution in [1.29, 1.82) is 0 Å². The Morgan fingerprint density at radius 2 is 1.89 bits per heavy atom. The quantitative estimate of drug-likeness (QED) is 0.599. The summed E-state index contributed by atoms with van der Waals surface area (Å²) in [6, 6.07) is 9.02. The Labute approximate surface area is 176 Å². The average Bonchev–Trinajstić information content (AvgIpc) is 3.02. The zero-order chi connectivity index (χ0) is 21.1. The van der Waals surface area contributed by atoms with Crippen molar-refractivity contribution in [2.45, 2.75) is 45.4 Å². The van der Waals surface area contributed by atoms with Gasteiger partial charge in [0.25, 0.3) is 0 Å². The number of halogens is 2. The molecule has 0 aliphatic carbocycles. The standard InChI is InChI=1S/C18H19BrFN3O2S.C2H6/c1-18(2,3)26(25)23-16(15-6-4-5-9-21-15)11-22(17(23)24)12-7-8-13(19)14(20)10-12;1-2/h4-10,16H,11H2,1-3H3;1-2H3. The molecule has 2 unspecified atom stereocenters. The number of benzene rings is 1. The molecule has 152 valence electrons. The van der Waals surface area contributed by atoms with Crippen LogP contribution in [0, 0.1) is 5.82 Å². The summed E-state index contributed by atoms with van der Waals surface area (Å²) in [5.74, 6) is -0.458. The number of pyridine rings is 1. The van der Waals surface area contributed by atoms with E-state index in [-0.39, 0.29) is 6.54 Å². The first-order valence-corrected chi connectivity index (χ1v) is 11.0. The monoisotopic (exact) mass is 469 g/mol. The summed E-state index contributed by atoms with van der Waals surface area (Å²) in [6.45, 7) is 9.69. The van der Waals surface area contributed by atoms with Gasteiger partial charge in [-0.2, -0.15) is 0 Å². The summed E-state index contributed by atoms with van der Waals surface area (Å²) in [5, 5.41) is 0. The molecule has 2 atom stereocenters. The van der Waals surface area contributed by atoms with Gasteiger partial charge in [-0.1, -0.05) is 19.9 Å². The molecule has 1 aromatic carbocycles. The van der Waals surface area contributed by atoms with E-state index in [1.807, 2.05) is 40.7 Å². The van der Waals surface area contributed by atoms with Crippen LogP contribution in [0.3, 0.4) is 0 Å². The first kappa shape index (κ1) is 22.5. The molecule has 0 saturated carbocycles. The molecular formula is C20H25BrFN3O2S. The Hall–Kier alpha value is -1.80. The number of anilines is 1. The Bertz CT molecular complexity index is 858. The van der Waals surface area contributed by atoms with E-state index in [2.05, 4.69) is 20.9 Å². The number of carbonyl (C=O) groups is 1. The number of aromatic nitrogens is 1. The van der Waals surface area contributed by atoms with E-state index in [4.69, 9.17) is 0 Å². The molecule has 3 rings (SSSR count). The number of hydrogen-bond acceptors (Lipinski definition) is 3. The van der Waals surface area contributed by atoms with Crippen LogP contribution in [0.15, 0.2) is 47.1 Å². The number of carbonyl (C=O) groups excluding carboxylic acids is 1. The molecular weight excluding hydrogens is 445 g/mol. The highest BCUT2D eigenvalue weighted by molar-refractivity contribution is 9.10. The van der Waals surface area contributed by atoms with E-state index < -0.39 is 33.6 Å². The molecule has 5 nitrogen and oxygen atoms in total. The molecule has 1 aliphatic rings. The van der Waals surface area contributed by atoms with Gasteiger partial charge in [0.1, 0.15) is 22.8 Å². The van der Waals surface area contributed by atoms with Crippen LogP contribution < -0.4 is 4.90 Å².